The summed E-state index contributed by atoms with van der Waals surface area (Å²) < 4.78 is 45.5. The van der Waals surface area contributed by atoms with Crippen LogP contribution in [0.4, 0.5) is 15.8 Å². The first-order chi connectivity index (χ1) is 12.9. The average Bonchev–Trinajstić information content (AvgIpc) is 2.65. The molecule has 0 saturated carbocycles. The third-order valence-corrected chi connectivity index (χ3v) is 6.28. The molecule has 1 fully saturated rings. The molecule has 1 heterocycles. The molecule has 6 nitrogen and oxygen atoms in total. The second kappa shape index (κ2) is 8.49. The van der Waals surface area contributed by atoms with Crippen LogP contribution in [0.3, 0.4) is 0 Å². The Balaban J connectivity index is 1.71. The van der Waals surface area contributed by atoms with Gasteiger partial charge in [0, 0.05) is 24.5 Å². The molecule has 0 spiro atoms. The van der Waals surface area contributed by atoms with Crippen molar-refractivity contribution in [3.8, 4) is 0 Å². The molecule has 1 aliphatic heterocycles. The first-order valence-corrected chi connectivity index (χ1v) is 10.3. The Labute approximate surface area is 167 Å². The van der Waals surface area contributed by atoms with Gasteiger partial charge in [-0.2, -0.15) is 4.31 Å². The second-order valence-electron chi connectivity index (χ2n) is 5.75. The van der Waals surface area contributed by atoms with Crippen molar-refractivity contribution in [1.82, 2.24) is 4.31 Å². The monoisotopic (exact) mass is 429 g/mol. The van der Waals surface area contributed by atoms with Crippen molar-refractivity contribution < 1.29 is 17.5 Å². The van der Waals surface area contributed by atoms with Crippen molar-refractivity contribution in [2.45, 2.75) is 4.90 Å². The van der Waals surface area contributed by atoms with Crippen molar-refractivity contribution in [2.75, 3.05) is 36.9 Å². The first kappa shape index (κ1) is 20.0. The smallest absolute Gasteiger partial charge is 0.243 e. The van der Waals surface area contributed by atoms with Gasteiger partial charge in [0.2, 0.25) is 10.0 Å². The number of hydrogen-bond acceptors (Lipinski definition) is 4. The zero-order chi connectivity index (χ0) is 19.4. The lowest BCUT2D eigenvalue weighted by Crippen LogP contribution is -2.40. The highest BCUT2D eigenvalue weighted by molar-refractivity contribution is 7.89. The lowest BCUT2D eigenvalue weighted by Gasteiger charge is -2.26. The Kier molecular flexibility index (Phi) is 6.28. The Hall–Kier alpha value is -1.78. The van der Waals surface area contributed by atoms with Crippen LogP contribution in [-0.4, -0.2) is 44.1 Å². The van der Waals surface area contributed by atoms with Gasteiger partial charge in [0.25, 0.3) is 0 Å². The molecule has 144 valence electrons. The number of morpholine rings is 1. The second-order valence-corrected chi connectivity index (χ2v) is 8.51. The molecule has 0 amide bonds. The maximum Gasteiger partial charge on any atom is 0.243 e. The van der Waals surface area contributed by atoms with Gasteiger partial charge in [-0.15, -0.1) is 0 Å². The van der Waals surface area contributed by atoms with Gasteiger partial charge in [0.1, 0.15) is 5.82 Å². The van der Waals surface area contributed by atoms with E-state index in [1.165, 1.54) is 28.6 Å². The normalized spacial score (nSPS) is 15.3. The van der Waals surface area contributed by atoms with Crippen LogP contribution < -0.4 is 10.6 Å². The van der Waals surface area contributed by atoms with E-state index in [-0.39, 0.29) is 15.0 Å². The van der Waals surface area contributed by atoms with E-state index in [0.29, 0.717) is 37.7 Å². The predicted molar refractivity (Wildman–Crippen MR) is 107 cm³/mol. The Morgan fingerprint density at radius 1 is 1.11 bits per heavy atom. The van der Waals surface area contributed by atoms with E-state index in [1.807, 2.05) is 0 Å². The predicted octanol–water partition coefficient (Wildman–Crippen LogP) is 3.31. The van der Waals surface area contributed by atoms with E-state index in [2.05, 4.69) is 10.6 Å². The number of benzene rings is 2. The van der Waals surface area contributed by atoms with Crippen LogP contribution in [0.2, 0.25) is 5.02 Å². The van der Waals surface area contributed by atoms with Crippen LogP contribution in [-0.2, 0) is 14.8 Å². The van der Waals surface area contributed by atoms with Gasteiger partial charge in [-0.25, -0.2) is 12.8 Å². The molecule has 0 unspecified atom stereocenters. The fraction of sp³-hybridized carbons (Fsp3) is 0.235. The van der Waals surface area contributed by atoms with E-state index < -0.39 is 15.8 Å². The fourth-order valence-electron chi connectivity index (χ4n) is 2.54. The summed E-state index contributed by atoms with van der Waals surface area (Å²) in [6.45, 7) is 1.40. The van der Waals surface area contributed by atoms with E-state index in [1.54, 1.807) is 18.2 Å². The van der Waals surface area contributed by atoms with Gasteiger partial charge >= 0.3 is 0 Å². The SMILES string of the molecule is O=S(=O)(c1cccc(NC(=S)Nc2ccc(Cl)c(F)c2)c1)N1CCOCC1. The molecule has 2 aromatic carbocycles. The molecule has 0 atom stereocenters. The molecule has 2 aromatic rings. The summed E-state index contributed by atoms with van der Waals surface area (Å²) in [6, 6.07) is 10.6. The van der Waals surface area contributed by atoms with E-state index >= 15 is 0 Å². The topological polar surface area (TPSA) is 70.7 Å². The average molecular weight is 430 g/mol. The number of hydrogen-bond donors (Lipinski definition) is 2. The zero-order valence-corrected chi connectivity index (χ0v) is 16.5. The Morgan fingerprint density at radius 3 is 2.44 bits per heavy atom. The summed E-state index contributed by atoms with van der Waals surface area (Å²) in [5, 5.41) is 5.93. The molecule has 10 heteroatoms. The number of nitrogens with zero attached hydrogens (tertiary/aromatic N) is 1. The van der Waals surface area contributed by atoms with Gasteiger partial charge in [0.05, 0.1) is 23.1 Å². The van der Waals surface area contributed by atoms with Crippen molar-refractivity contribution in [3.63, 3.8) is 0 Å². The molecule has 0 bridgehead atoms. The van der Waals surface area contributed by atoms with Crippen molar-refractivity contribution in [3.05, 3.63) is 53.3 Å². The minimum Gasteiger partial charge on any atom is -0.379 e. The number of thiocarbonyl (C=S) groups is 1. The van der Waals surface area contributed by atoms with Crippen molar-refractivity contribution >= 4 is 50.3 Å². The molecular formula is C17H17ClFN3O3S2. The van der Waals surface area contributed by atoms with E-state index in [4.69, 9.17) is 28.6 Å². The number of anilines is 2. The third kappa shape index (κ3) is 4.94. The molecule has 1 aliphatic rings. The number of ether oxygens (including phenoxy) is 1. The molecule has 1 saturated heterocycles. The van der Waals surface area contributed by atoms with Gasteiger partial charge in [-0.3, -0.25) is 0 Å². The molecule has 3 rings (SSSR count). The van der Waals surface area contributed by atoms with Crippen molar-refractivity contribution in [2.24, 2.45) is 0 Å². The van der Waals surface area contributed by atoms with E-state index in [9.17, 15) is 12.8 Å². The van der Waals surface area contributed by atoms with Gasteiger partial charge < -0.3 is 15.4 Å². The van der Waals surface area contributed by atoms with Crippen molar-refractivity contribution in [1.29, 1.82) is 0 Å². The zero-order valence-electron chi connectivity index (χ0n) is 14.1. The maximum atomic E-state index is 13.5. The van der Waals surface area contributed by atoms with Gasteiger partial charge in [-0.05, 0) is 48.6 Å². The summed E-state index contributed by atoms with van der Waals surface area (Å²) in [6.07, 6.45) is 0. The minimum atomic E-state index is -3.60. The van der Waals surface area contributed by atoms with Crippen LogP contribution in [0.1, 0.15) is 0 Å². The van der Waals surface area contributed by atoms with Crippen LogP contribution in [0, 0.1) is 5.82 Å². The summed E-state index contributed by atoms with van der Waals surface area (Å²) in [5.41, 5.74) is 0.919. The molecule has 0 radical (unpaired) electrons. The van der Waals surface area contributed by atoms with Crippen LogP contribution in [0.5, 0.6) is 0 Å². The van der Waals surface area contributed by atoms with Gasteiger partial charge in [0.15, 0.2) is 5.11 Å². The molecular weight excluding hydrogens is 413 g/mol. The summed E-state index contributed by atoms with van der Waals surface area (Å²) in [5.74, 6) is -0.567. The standard InChI is InChI=1S/C17H17ClFN3O3S2/c18-15-5-4-13(11-16(15)19)21-17(26)20-12-2-1-3-14(10-12)27(23,24)22-6-8-25-9-7-22/h1-5,10-11H,6-9H2,(H2,20,21,26). The van der Waals surface area contributed by atoms with E-state index in [0.717, 1.165) is 0 Å². The summed E-state index contributed by atoms with van der Waals surface area (Å²) in [4.78, 5) is 0.162. The number of sulfonamides is 1. The number of rotatable bonds is 4. The highest BCUT2D eigenvalue weighted by Crippen LogP contribution is 2.22. The largest absolute Gasteiger partial charge is 0.379 e. The van der Waals surface area contributed by atoms with Crippen LogP contribution in [0.15, 0.2) is 47.4 Å². The molecule has 27 heavy (non-hydrogen) atoms. The summed E-state index contributed by atoms with van der Waals surface area (Å²) in [7, 11) is -3.60. The lowest BCUT2D eigenvalue weighted by atomic mass is 10.3. The third-order valence-electron chi connectivity index (χ3n) is 3.88. The van der Waals surface area contributed by atoms with Gasteiger partial charge in [-0.1, -0.05) is 17.7 Å². The molecule has 0 aliphatic carbocycles. The van der Waals surface area contributed by atoms with Crippen LogP contribution >= 0.6 is 23.8 Å². The highest BCUT2D eigenvalue weighted by atomic mass is 35.5. The number of nitrogens with one attached hydrogen (secondary N) is 2. The summed E-state index contributed by atoms with van der Waals surface area (Å²) >= 11 is 10.9. The molecule has 2 N–H and O–H groups in total. The highest BCUT2D eigenvalue weighted by Gasteiger charge is 2.26. The maximum absolute atomic E-state index is 13.5. The Bertz CT molecular complexity index is 950. The lowest BCUT2D eigenvalue weighted by molar-refractivity contribution is 0.0730. The quantitative estimate of drug-likeness (QED) is 0.726. The minimum absolute atomic E-state index is 0.0143. The Morgan fingerprint density at radius 2 is 1.78 bits per heavy atom. The molecule has 0 aromatic heterocycles. The first-order valence-electron chi connectivity index (χ1n) is 8.07. The van der Waals surface area contributed by atoms with Crippen LogP contribution in [0.25, 0.3) is 0 Å². The number of halogens is 2. The fourth-order valence-corrected chi connectivity index (χ4v) is 4.35.